The molecule has 0 unspecified atom stereocenters. The van der Waals surface area contributed by atoms with Gasteiger partial charge >= 0.3 is 0 Å². The molecule has 1 aromatic heterocycles. The minimum absolute atomic E-state index is 0.289. The molecule has 2 heterocycles. The summed E-state index contributed by atoms with van der Waals surface area (Å²) in [7, 11) is 0. The van der Waals surface area contributed by atoms with Crippen molar-refractivity contribution in [1.82, 2.24) is 20.0 Å². The van der Waals surface area contributed by atoms with Crippen LogP contribution in [0.1, 0.15) is 45.0 Å². The second kappa shape index (κ2) is 6.58. The van der Waals surface area contributed by atoms with Gasteiger partial charge in [-0.05, 0) is 42.6 Å². The second-order valence-electron chi connectivity index (χ2n) is 5.79. The van der Waals surface area contributed by atoms with E-state index in [1.165, 1.54) is 23.0 Å². The fraction of sp³-hybridized carbons (Fsp3) is 0.800. The Balaban J connectivity index is 2.14. The van der Waals surface area contributed by atoms with Gasteiger partial charge in [0.2, 0.25) is 0 Å². The molecule has 20 heavy (non-hydrogen) atoms. The normalized spacial score (nSPS) is 19.4. The van der Waals surface area contributed by atoms with E-state index in [1.54, 1.807) is 0 Å². The highest BCUT2D eigenvalue weighted by Crippen LogP contribution is 2.25. The van der Waals surface area contributed by atoms with Gasteiger partial charge in [0, 0.05) is 38.3 Å². The standard InChI is InChI=1S/C15H27BrN4/c1-5-15(6-2)11-19(9-8-17-15)10-13-14(16)12(4)18-20(13)7-3/h17H,5-11H2,1-4H3. The number of aryl methyl sites for hydroxylation is 2. The van der Waals surface area contributed by atoms with Crippen LogP contribution in [0.2, 0.25) is 0 Å². The van der Waals surface area contributed by atoms with Gasteiger partial charge in [-0.2, -0.15) is 5.10 Å². The van der Waals surface area contributed by atoms with E-state index in [9.17, 15) is 0 Å². The van der Waals surface area contributed by atoms with E-state index in [4.69, 9.17) is 0 Å². The fourth-order valence-electron chi connectivity index (χ4n) is 3.13. The second-order valence-corrected chi connectivity index (χ2v) is 6.58. The van der Waals surface area contributed by atoms with Crippen LogP contribution in [0.3, 0.4) is 0 Å². The van der Waals surface area contributed by atoms with Crippen molar-refractivity contribution in [3.8, 4) is 0 Å². The summed E-state index contributed by atoms with van der Waals surface area (Å²) in [5.74, 6) is 0. The van der Waals surface area contributed by atoms with Crippen molar-refractivity contribution in [1.29, 1.82) is 0 Å². The Morgan fingerprint density at radius 2 is 2.00 bits per heavy atom. The summed E-state index contributed by atoms with van der Waals surface area (Å²) in [5.41, 5.74) is 2.69. The molecular formula is C15H27BrN4. The summed E-state index contributed by atoms with van der Waals surface area (Å²) < 4.78 is 3.30. The molecule has 114 valence electrons. The number of rotatable bonds is 5. The first-order valence-corrected chi connectivity index (χ1v) is 8.53. The molecule has 4 nitrogen and oxygen atoms in total. The fourth-order valence-corrected chi connectivity index (χ4v) is 3.54. The summed E-state index contributed by atoms with van der Waals surface area (Å²) in [5, 5.41) is 8.32. The molecule has 0 spiro atoms. The number of halogens is 1. The molecule has 0 aromatic carbocycles. The maximum absolute atomic E-state index is 4.60. The largest absolute Gasteiger partial charge is 0.309 e. The van der Waals surface area contributed by atoms with Crippen molar-refractivity contribution < 1.29 is 0 Å². The first-order chi connectivity index (χ1) is 9.55. The van der Waals surface area contributed by atoms with E-state index in [0.29, 0.717) is 0 Å². The molecule has 1 aliphatic heterocycles. The molecule has 1 fully saturated rings. The summed E-state index contributed by atoms with van der Waals surface area (Å²) in [6, 6.07) is 0. The Morgan fingerprint density at radius 3 is 2.60 bits per heavy atom. The van der Waals surface area contributed by atoms with Crippen molar-refractivity contribution in [2.45, 2.75) is 59.2 Å². The molecule has 0 aliphatic carbocycles. The van der Waals surface area contributed by atoms with Crippen molar-refractivity contribution in [2.24, 2.45) is 0 Å². The lowest BCUT2D eigenvalue weighted by Crippen LogP contribution is -2.59. The predicted molar refractivity (Wildman–Crippen MR) is 86.9 cm³/mol. The lowest BCUT2D eigenvalue weighted by Gasteiger charge is -2.43. The monoisotopic (exact) mass is 342 g/mol. The minimum Gasteiger partial charge on any atom is -0.309 e. The number of aromatic nitrogens is 2. The van der Waals surface area contributed by atoms with Gasteiger partial charge in [0.05, 0.1) is 15.9 Å². The third-order valence-electron chi connectivity index (χ3n) is 4.63. The van der Waals surface area contributed by atoms with E-state index < -0.39 is 0 Å². The van der Waals surface area contributed by atoms with Crippen molar-refractivity contribution >= 4 is 15.9 Å². The quantitative estimate of drug-likeness (QED) is 0.892. The van der Waals surface area contributed by atoms with E-state index in [2.05, 4.69) is 63.6 Å². The van der Waals surface area contributed by atoms with Crippen LogP contribution in [0.5, 0.6) is 0 Å². The molecule has 5 heteroatoms. The van der Waals surface area contributed by atoms with Crippen LogP contribution in [-0.2, 0) is 13.1 Å². The predicted octanol–water partition coefficient (Wildman–Crippen LogP) is 2.94. The van der Waals surface area contributed by atoms with Crippen LogP contribution in [0.15, 0.2) is 4.47 Å². The summed E-state index contributed by atoms with van der Waals surface area (Å²) >= 11 is 3.71. The van der Waals surface area contributed by atoms with Crippen molar-refractivity contribution in [2.75, 3.05) is 19.6 Å². The first kappa shape index (κ1) is 16.0. The SMILES string of the molecule is CCn1nc(C)c(Br)c1CN1CCNC(CC)(CC)C1. The Kier molecular flexibility index (Phi) is 5.26. The van der Waals surface area contributed by atoms with Gasteiger partial charge in [-0.15, -0.1) is 0 Å². The third-order valence-corrected chi connectivity index (χ3v) is 5.67. The van der Waals surface area contributed by atoms with E-state index in [-0.39, 0.29) is 5.54 Å². The average Bonchev–Trinajstić information content (AvgIpc) is 2.75. The number of hydrogen-bond acceptors (Lipinski definition) is 3. The lowest BCUT2D eigenvalue weighted by atomic mass is 9.90. The van der Waals surface area contributed by atoms with Gasteiger partial charge in [0.25, 0.3) is 0 Å². The molecule has 0 bridgehead atoms. The van der Waals surface area contributed by atoms with Crippen LogP contribution < -0.4 is 5.32 Å². The topological polar surface area (TPSA) is 33.1 Å². The zero-order chi connectivity index (χ0) is 14.8. The Morgan fingerprint density at radius 1 is 1.30 bits per heavy atom. The third kappa shape index (κ3) is 3.10. The number of hydrogen-bond donors (Lipinski definition) is 1. The maximum Gasteiger partial charge on any atom is 0.0739 e. The Bertz CT molecular complexity index is 451. The molecular weight excluding hydrogens is 316 g/mol. The zero-order valence-corrected chi connectivity index (χ0v) is 14.8. The van der Waals surface area contributed by atoms with Gasteiger partial charge in [0.15, 0.2) is 0 Å². The minimum atomic E-state index is 0.289. The van der Waals surface area contributed by atoms with E-state index >= 15 is 0 Å². The highest BCUT2D eigenvalue weighted by molar-refractivity contribution is 9.10. The summed E-state index contributed by atoms with van der Waals surface area (Å²) in [6.45, 7) is 14.0. The maximum atomic E-state index is 4.60. The van der Waals surface area contributed by atoms with E-state index in [0.717, 1.165) is 38.4 Å². The van der Waals surface area contributed by atoms with E-state index in [1.807, 2.05) is 0 Å². The highest BCUT2D eigenvalue weighted by Gasteiger charge is 2.32. The van der Waals surface area contributed by atoms with Crippen molar-refractivity contribution in [3.63, 3.8) is 0 Å². The summed E-state index contributed by atoms with van der Waals surface area (Å²) in [6.07, 6.45) is 2.38. The lowest BCUT2D eigenvalue weighted by molar-refractivity contribution is 0.115. The number of nitrogens with one attached hydrogen (secondary N) is 1. The molecule has 2 rings (SSSR count). The van der Waals surface area contributed by atoms with Gasteiger partial charge in [0.1, 0.15) is 0 Å². The van der Waals surface area contributed by atoms with Crippen LogP contribution in [0.25, 0.3) is 0 Å². The van der Waals surface area contributed by atoms with Crippen molar-refractivity contribution in [3.05, 3.63) is 15.9 Å². The summed E-state index contributed by atoms with van der Waals surface area (Å²) in [4.78, 5) is 2.57. The smallest absolute Gasteiger partial charge is 0.0739 e. The Labute approximate surface area is 131 Å². The van der Waals surface area contributed by atoms with Crippen LogP contribution >= 0.6 is 15.9 Å². The molecule has 0 amide bonds. The highest BCUT2D eigenvalue weighted by atomic mass is 79.9. The molecule has 1 aliphatic rings. The number of nitrogens with zero attached hydrogens (tertiary/aromatic N) is 3. The molecule has 0 radical (unpaired) electrons. The average molecular weight is 343 g/mol. The first-order valence-electron chi connectivity index (χ1n) is 7.74. The van der Waals surface area contributed by atoms with Crippen LogP contribution in [0, 0.1) is 6.92 Å². The Hall–Kier alpha value is -0.390. The van der Waals surface area contributed by atoms with Gasteiger partial charge < -0.3 is 5.32 Å². The molecule has 1 aromatic rings. The molecule has 1 N–H and O–H groups in total. The molecule has 0 atom stereocenters. The van der Waals surface area contributed by atoms with Gasteiger partial charge in [-0.1, -0.05) is 13.8 Å². The number of piperazine rings is 1. The molecule has 1 saturated heterocycles. The van der Waals surface area contributed by atoms with Gasteiger partial charge in [-0.3, -0.25) is 9.58 Å². The zero-order valence-electron chi connectivity index (χ0n) is 13.2. The van der Waals surface area contributed by atoms with Crippen LogP contribution in [-0.4, -0.2) is 39.9 Å². The molecule has 0 saturated carbocycles. The van der Waals surface area contributed by atoms with Crippen LogP contribution in [0.4, 0.5) is 0 Å². The van der Waals surface area contributed by atoms with Gasteiger partial charge in [-0.25, -0.2) is 0 Å².